The Morgan fingerprint density at radius 1 is 1.55 bits per heavy atom. The van der Waals surface area contributed by atoms with Gasteiger partial charge in [-0.15, -0.1) is 11.3 Å². The van der Waals surface area contributed by atoms with Crippen molar-refractivity contribution in [3.05, 3.63) is 21.4 Å². The van der Waals surface area contributed by atoms with Crippen LogP contribution in [0, 0.1) is 30.6 Å². The van der Waals surface area contributed by atoms with E-state index in [9.17, 15) is 4.79 Å². The van der Waals surface area contributed by atoms with E-state index in [4.69, 9.17) is 5.11 Å². The fourth-order valence-corrected chi connectivity index (χ4v) is 3.64. The third kappa shape index (κ3) is 3.84. The van der Waals surface area contributed by atoms with Crippen molar-refractivity contribution >= 4 is 17.2 Å². The van der Waals surface area contributed by atoms with E-state index in [1.807, 2.05) is 13.0 Å². The molecule has 0 bridgehead atoms. The monoisotopic (exact) mass is 291 g/mol. The standard InChI is InChI=1S/C16H21NO2S/c1-11-5-6-13(8-11)10-17-16(19)15-9-12(2)14(20-15)4-3-7-18/h9,11,13,18H,5-8,10H2,1-2H3,(H,17,19). The van der Waals surface area contributed by atoms with Crippen molar-refractivity contribution in [1.29, 1.82) is 0 Å². The summed E-state index contributed by atoms with van der Waals surface area (Å²) in [4.78, 5) is 13.7. The zero-order valence-electron chi connectivity index (χ0n) is 12.0. The van der Waals surface area contributed by atoms with Crippen molar-refractivity contribution in [1.82, 2.24) is 5.32 Å². The SMILES string of the molecule is Cc1cc(C(=O)NCC2CCC(C)C2)sc1C#CCO. The highest BCUT2D eigenvalue weighted by Gasteiger charge is 2.22. The van der Waals surface area contributed by atoms with Gasteiger partial charge in [0.2, 0.25) is 0 Å². The summed E-state index contributed by atoms with van der Waals surface area (Å²) in [5, 5.41) is 11.7. The van der Waals surface area contributed by atoms with Crippen LogP contribution >= 0.6 is 11.3 Å². The minimum absolute atomic E-state index is 0.00491. The molecule has 4 heteroatoms. The molecular weight excluding hydrogens is 270 g/mol. The molecular formula is C16H21NO2S. The second kappa shape index (κ2) is 6.92. The number of aliphatic hydroxyl groups is 1. The molecule has 1 aromatic rings. The molecule has 2 N–H and O–H groups in total. The summed E-state index contributed by atoms with van der Waals surface area (Å²) in [6, 6.07) is 1.87. The molecule has 0 radical (unpaired) electrons. The third-order valence-electron chi connectivity index (χ3n) is 3.78. The first kappa shape index (κ1) is 15.1. The van der Waals surface area contributed by atoms with Crippen LogP contribution in [0.2, 0.25) is 0 Å². The summed E-state index contributed by atoms with van der Waals surface area (Å²) in [6.45, 7) is 4.83. The highest BCUT2D eigenvalue weighted by Crippen LogP contribution is 2.29. The molecule has 108 valence electrons. The van der Waals surface area contributed by atoms with E-state index >= 15 is 0 Å². The lowest BCUT2D eigenvalue weighted by Crippen LogP contribution is -2.27. The molecule has 1 aromatic heterocycles. The number of nitrogens with one attached hydrogen (secondary N) is 1. The second-order valence-corrected chi connectivity index (χ2v) is 6.63. The van der Waals surface area contributed by atoms with Gasteiger partial charge >= 0.3 is 0 Å². The molecule has 1 aliphatic rings. The Labute approximate surface area is 124 Å². The molecule has 0 saturated heterocycles. The van der Waals surface area contributed by atoms with E-state index in [2.05, 4.69) is 24.1 Å². The van der Waals surface area contributed by atoms with Crippen LogP contribution in [-0.2, 0) is 0 Å². The van der Waals surface area contributed by atoms with E-state index in [-0.39, 0.29) is 12.5 Å². The van der Waals surface area contributed by atoms with Gasteiger partial charge < -0.3 is 10.4 Å². The summed E-state index contributed by atoms with van der Waals surface area (Å²) < 4.78 is 0. The molecule has 0 spiro atoms. The van der Waals surface area contributed by atoms with Gasteiger partial charge in [-0.1, -0.05) is 25.2 Å². The molecule has 1 amide bonds. The number of hydrogen-bond acceptors (Lipinski definition) is 3. The Morgan fingerprint density at radius 2 is 2.35 bits per heavy atom. The van der Waals surface area contributed by atoms with Crippen LogP contribution in [0.15, 0.2) is 6.07 Å². The summed E-state index contributed by atoms with van der Waals surface area (Å²) in [5.41, 5.74) is 0.996. The Hall–Kier alpha value is -1.31. The average Bonchev–Trinajstić information content (AvgIpc) is 3.00. The minimum Gasteiger partial charge on any atom is -0.384 e. The zero-order chi connectivity index (χ0) is 14.5. The maximum atomic E-state index is 12.1. The van der Waals surface area contributed by atoms with Crippen molar-refractivity contribution in [2.75, 3.05) is 13.2 Å². The minimum atomic E-state index is -0.154. The van der Waals surface area contributed by atoms with Gasteiger partial charge in [0.05, 0.1) is 9.75 Å². The van der Waals surface area contributed by atoms with Gasteiger partial charge in [0.1, 0.15) is 6.61 Å². The first-order chi connectivity index (χ1) is 9.60. The zero-order valence-corrected chi connectivity index (χ0v) is 12.8. The molecule has 1 heterocycles. The summed E-state index contributed by atoms with van der Waals surface area (Å²) in [7, 11) is 0. The number of amides is 1. The molecule has 0 aromatic carbocycles. The van der Waals surface area contributed by atoms with E-state index in [0.717, 1.165) is 22.9 Å². The second-order valence-electron chi connectivity index (χ2n) is 5.58. The largest absolute Gasteiger partial charge is 0.384 e. The number of rotatable bonds is 3. The van der Waals surface area contributed by atoms with E-state index in [1.165, 1.54) is 30.6 Å². The normalized spacial score (nSPS) is 21.4. The number of carbonyl (C=O) groups excluding carboxylic acids is 1. The summed E-state index contributed by atoms with van der Waals surface area (Å²) >= 11 is 1.39. The molecule has 2 unspecified atom stereocenters. The Balaban J connectivity index is 1.92. The molecule has 3 nitrogen and oxygen atoms in total. The first-order valence-electron chi connectivity index (χ1n) is 7.08. The van der Waals surface area contributed by atoms with Gasteiger partial charge in [0.25, 0.3) is 5.91 Å². The maximum Gasteiger partial charge on any atom is 0.261 e. The average molecular weight is 291 g/mol. The van der Waals surface area contributed by atoms with Crippen LogP contribution < -0.4 is 5.32 Å². The van der Waals surface area contributed by atoms with E-state index in [0.29, 0.717) is 10.8 Å². The number of carbonyl (C=O) groups is 1. The molecule has 1 fully saturated rings. The maximum absolute atomic E-state index is 12.1. The van der Waals surface area contributed by atoms with E-state index < -0.39 is 0 Å². The third-order valence-corrected chi connectivity index (χ3v) is 4.93. The van der Waals surface area contributed by atoms with Crippen molar-refractivity contribution in [3.63, 3.8) is 0 Å². The molecule has 20 heavy (non-hydrogen) atoms. The van der Waals surface area contributed by atoms with Crippen LogP contribution in [0.25, 0.3) is 0 Å². The van der Waals surface area contributed by atoms with Crippen molar-refractivity contribution < 1.29 is 9.90 Å². The van der Waals surface area contributed by atoms with Gasteiger partial charge in [0, 0.05) is 6.54 Å². The topological polar surface area (TPSA) is 49.3 Å². The first-order valence-corrected chi connectivity index (χ1v) is 7.90. The lowest BCUT2D eigenvalue weighted by Gasteiger charge is -2.10. The van der Waals surface area contributed by atoms with Crippen LogP contribution in [0.1, 0.15) is 46.3 Å². The number of thiophene rings is 1. The summed E-state index contributed by atoms with van der Waals surface area (Å²) in [5.74, 6) is 6.92. The van der Waals surface area contributed by atoms with Crippen LogP contribution in [0.3, 0.4) is 0 Å². The Bertz CT molecular complexity index is 538. The predicted molar refractivity (Wildman–Crippen MR) is 81.9 cm³/mol. The molecule has 0 aliphatic heterocycles. The smallest absolute Gasteiger partial charge is 0.261 e. The van der Waals surface area contributed by atoms with Crippen LogP contribution in [0.4, 0.5) is 0 Å². The lowest BCUT2D eigenvalue weighted by molar-refractivity contribution is 0.0951. The van der Waals surface area contributed by atoms with Gasteiger partial charge in [-0.2, -0.15) is 0 Å². The quantitative estimate of drug-likeness (QED) is 0.841. The lowest BCUT2D eigenvalue weighted by atomic mass is 10.1. The fourth-order valence-electron chi connectivity index (χ4n) is 2.67. The highest BCUT2D eigenvalue weighted by atomic mass is 32.1. The highest BCUT2D eigenvalue weighted by molar-refractivity contribution is 7.14. The summed E-state index contributed by atoms with van der Waals surface area (Å²) in [6.07, 6.45) is 3.72. The number of hydrogen-bond donors (Lipinski definition) is 2. The van der Waals surface area contributed by atoms with Crippen LogP contribution in [0.5, 0.6) is 0 Å². The fraction of sp³-hybridized carbons (Fsp3) is 0.562. The Morgan fingerprint density at radius 3 is 3.00 bits per heavy atom. The Kier molecular flexibility index (Phi) is 5.22. The molecule has 2 atom stereocenters. The van der Waals surface area contributed by atoms with Gasteiger partial charge in [0.15, 0.2) is 0 Å². The molecule has 1 saturated carbocycles. The van der Waals surface area contributed by atoms with Crippen molar-refractivity contribution in [2.45, 2.75) is 33.1 Å². The number of aryl methyl sites for hydroxylation is 1. The molecule has 2 rings (SSSR count). The van der Waals surface area contributed by atoms with Gasteiger partial charge in [-0.3, -0.25) is 4.79 Å². The van der Waals surface area contributed by atoms with Crippen LogP contribution in [-0.4, -0.2) is 24.2 Å². The van der Waals surface area contributed by atoms with Crippen molar-refractivity contribution in [2.24, 2.45) is 11.8 Å². The van der Waals surface area contributed by atoms with Crippen molar-refractivity contribution in [3.8, 4) is 11.8 Å². The predicted octanol–water partition coefficient (Wildman–Crippen LogP) is 2.57. The van der Waals surface area contributed by atoms with Gasteiger partial charge in [-0.25, -0.2) is 0 Å². The number of aliphatic hydroxyl groups excluding tert-OH is 1. The molecule has 1 aliphatic carbocycles. The van der Waals surface area contributed by atoms with Gasteiger partial charge in [-0.05, 0) is 43.2 Å². The van der Waals surface area contributed by atoms with E-state index in [1.54, 1.807) is 0 Å².